The van der Waals surface area contributed by atoms with Crippen molar-refractivity contribution in [3.05, 3.63) is 35.1 Å². The molecule has 1 N–H and O–H groups in total. The molecular weight excluding hydrogens is 279 g/mol. The third-order valence-electron chi connectivity index (χ3n) is 2.38. The second-order valence-corrected chi connectivity index (χ2v) is 4.94. The minimum absolute atomic E-state index is 0.00415. The summed E-state index contributed by atoms with van der Waals surface area (Å²) in [5, 5.41) is 20.5. The Morgan fingerprint density at radius 2 is 2.25 bits per heavy atom. The number of nitrogens with zero attached hydrogens (tertiary/aromatic N) is 4. The Kier molecular flexibility index (Phi) is 5.09. The fourth-order valence-corrected chi connectivity index (χ4v) is 2.30. The quantitative estimate of drug-likeness (QED) is 0.681. The van der Waals surface area contributed by atoms with Crippen LogP contribution < -0.4 is 0 Å². The molecule has 0 aliphatic rings. The van der Waals surface area contributed by atoms with Crippen LogP contribution in [-0.4, -0.2) is 31.9 Å². The van der Waals surface area contributed by atoms with E-state index in [0.29, 0.717) is 22.9 Å². The molecule has 0 aliphatic heterocycles. The van der Waals surface area contributed by atoms with E-state index < -0.39 is 0 Å². The lowest BCUT2D eigenvalue weighted by Gasteiger charge is -2.02. The van der Waals surface area contributed by atoms with Crippen molar-refractivity contribution in [1.29, 1.82) is 0 Å². The van der Waals surface area contributed by atoms with Crippen molar-refractivity contribution < 1.29 is 9.50 Å². The molecule has 0 radical (unpaired) electrons. The fourth-order valence-electron chi connectivity index (χ4n) is 1.52. The molecule has 2 aromatic rings. The van der Waals surface area contributed by atoms with Crippen LogP contribution in [0.25, 0.3) is 0 Å². The fraction of sp³-hybridized carbons (Fsp3) is 0.308. The van der Waals surface area contributed by atoms with Gasteiger partial charge in [-0.25, -0.2) is 9.07 Å². The van der Waals surface area contributed by atoms with Crippen LogP contribution in [0, 0.1) is 17.7 Å². The van der Waals surface area contributed by atoms with E-state index in [1.54, 1.807) is 11.7 Å². The molecule has 1 aromatic heterocycles. The molecule has 5 nitrogen and oxygen atoms in total. The summed E-state index contributed by atoms with van der Waals surface area (Å²) in [7, 11) is 1.75. The predicted octanol–water partition coefficient (Wildman–Crippen LogP) is 1.38. The van der Waals surface area contributed by atoms with Gasteiger partial charge in [0.2, 0.25) is 5.16 Å². The smallest absolute Gasteiger partial charge is 0.209 e. The molecule has 1 aromatic carbocycles. The number of tetrazole rings is 1. The highest BCUT2D eigenvalue weighted by molar-refractivity contribution is 7.98. The predicted molar refractivity (Wildman–Crippen MR) is 73.3 cm³/mol. The zero-order valence-corrected chi connectivity index (χ0v) is 11.7. The van der Waals surface area contributed by atoms with E-state index in [4.69, 9.17) is 5.11 Å². The molecule has 7 heteroatoms. The average Bonchev–Trinajstić information content (AvgIpc) is 2.82. The lowest BCUT2D eigenvalue weighted by atomic mass is 10.1. The van der Waals surface area contributed by atoms with Crippen LogP contribution in [0.2, 0.25) is 0 Å². The largest absolute Gasteiger partial charge is 0.395 e. The molecule has 1 heterocycles. The van der Waals surface area contributed by atoms with Crippen LogP contribution in [0.4, 0.5) is 4.39 Å². The Morgan fingerprint density at radius 1 is 1.40 bits per heavy atom. The number of aryl methyl sites for hydroxylation is 1. The molecule has 0 spiro atoms. The van der Waals surface area contributed by atoms with Gasteiger partial charge in [-0.1, -0.05) is 23.6 Å². The average molecular weight is 292 g/mol. The topological polar surface area (TPSA) is 63.8 Å². The number of aliphatic hydroxyl groups excluding tert-OH is 1. The summed E-state index contributed by atoms with van der Waals surface area (Å²) in [6, 6.07) is 4.67. The van der Waals surface area contributed by atoms with E-state index in [2.05, 4.69) is 27.4 Å². The Bertz CT molecular complexity index is 647. The van der Waals surface area contributed by atoms with Crippen LogP contribution in [0.15, 0.2) is 23.4 Å². The van der Waals surface area contributed by atoms with Gasteiger partial charge in [0, 0.05) is 24.8 Å². The SMILES string of the molecule is Cn1nnnc1SCc1cc(F)cc(C#CCCO)c1. The maximum absolute atomic E-state index is 13.5. The first kappa shape index (κ1) is 14.5. The molecule has 0 bridgehead atoms. The second-order valence-electron chi connectivity index (χ2n) is 4.00. The summed E-state index contributed by atoms with van der Waals surface area (Å²) in [4.78, 5) is 0. The van der Waals surface area contributed by atoms with Crippen molar-refractivity contribution in [2.75, 3.05) is 6.61 Å². The Hall–Kier alpha value is -1.91. The molecule has 0 atom stereocenters. The summed E-state index contributed by atoms with van der Waals surface area (Å²) < 4.78 is 15.1. The van der Waals surface area contributed by atoms with Crippen molar-refractivity contribution in [1.82, 2.24) is 20.2 Å². The molecule has 0 amide bonds. The Labute approximate surface area is 120 Å². The van der Waals surface area contributed by atoms with Crippen LogP contribution in [0.1, 0.15) is 17.5 Å². The summed E-state index contributed by atoms with van der Waals surface area (Å²) in [5.74, 6) is 5.83. The van der Waals surface area contributed by atoms with Gasteiger partial charge in [0.25, 0.3) is 0 Å². The molecular formula is C13H13FN4OS. The summed E-state index contributed by atoms with van der Waals surface area (Å²) in [6.07, 6.45) is 0.380. The van der Waals surface area contributed by atoms with Crippen LogP contribution in [0.3, 0.4) is 0 Å². The van der Waals surface area contributed by atoms with Gasteiger partial charge in [0.1, 0.15) is 5.82 Å². The molecule has 0 saturated carbocycles. The normalized spacial score (nSPS) is 10.2. The van der Waals surface area contributed by atoms with Gasteiger partial charge >= 0.3 is 0 Å². The number of benzene rings is 1. The Morgan fingerprint density at radius 3 is 2.95 bits per heavy atom. The molecule has 0 saturated heterocycles. The van der Waals surface area contributed by atoms with Gasteiger partial charge in [-0.15, -0.1) is 5.10 Å². The van der Waals surface area contributed by atoms with Crippen molar-refractivity contribution in [3.63, 3.8) is 0 Å². The van der Waals surface area contributed by atoms with E-state index in [1.165, 1.54) is 23.9 Å². The molecule has 0 unspecified atom stereocenters. The minimum atomic E-state index is -0.326. The third-order valence-corrected chi connectivity index (χ3v) is 3.46. The molecule has 104 valence electrons. The molecule has 0 aliphatic carbocycles. The first-order valence-corrected chi connectivity index (χ1v) is 6.92. The number of aromatic nitrogens is 4. The van der Waals surface area contributed by atoms with Gasteiger partial charge in [0.15, 0.2) is 0 Å². The zero-order chi connectivity index (χ0) is 14.4. The number of hydrogen-bond donors (Lipinski definition) is 1. The first-order chi connectivity index (χ1) is 9.69. The molecule has 2 rings (SSSR count). The highest BCUT2D eigenvalue weighted by Crippen LogP contribution is 2.20. The number of thioether (sulfide) groups is 1. The Balaban J connectivity index is 2.08. The standard InChI is InChI=1S/C13H13FN4OS/c1-18-13(15-16-17-18)20-9-11-6-10(4-2-3-5-19)7-12(14)8-11/h6-8,19H,3,5,9H2,1H3. The molecule has 0 fully saturated rings. The van der Waals surface area contributed by atoms with Gasteiger partial charge in [-0.3, -0.25) is 0 Å². The molecule has 20 heavy (non-hydrogen) atoms. The summed E-state index contributed by atoms with van der Waals surface area (Å²) in [5.41, 5.74) is 1.41. The van der Waals surface area contributed by atoms with E-state index >= 15 is 0 Å². The lowest BCUT2D eigenvalue weighted by molar-refractivity contribution is 0.305. The zero-order valence-electron chi connectivity index (χ0n) is 10.9. The van der Waals surface area contributed by atoms with Crippen LogP contribution in [-0.2, 0) is 12.8 Å². The highest BCUT2D eigenvalue weighted by Gasteiger charge is 2.05. The van der Waals surface area contributed by atoms with Crippen molar-refractivity contribution >= 4 is 11.8 Å². The lowest BCUT2D eigenvalue weighted by Crippen LogP contribution is -1.94. The third kappa shape index (κ3) is 4.05. The summed E-state index contributed by atoms with van der Waals surface area (Å²) in [6.45, 7) is 0.00415. The van der Waals surface area contributed by atoms with E-state index in [-0.39, 0.29) is 12.4 Å². The maximum atomic E-state index is 13.5. The van der Waals surface area contributed by atoms with Crippen LogP contribution in [0.5, 0.6) is 0 Å². The van der Waals surface area contributed by atoms with Gasteiger partial charge in [-0.2, -0.15) is 0 Å². The van der Waals surface area contributed by atoms with Gasteiger partial charge < -0.3 is 5.11 Å². The van der Waals surface area contributed by atoms with Gasteiger partial charge in [-0.05, 0) is 34.2 Å². The monoisotopic (exact) mass is 292 g/mol. The first-order valence-electron chi connectivity index (χ1n) is 5.93. The van der Waals surface area contributed by atoms with Gasteiger partial charge in [0.05, 0.1) is 6.61 Å². The van der Waals surface area contributed by atoms with E-state index in [0.717, 1.165) is 5.56 Å². The number of halogens is 1. The summed E-state index contributed by atoms with van der Waals surface area (Å²) >= 11 is 1.42. The number of hydrogen-bond acceptors (Lipinski definition) is 5. The van der Waals surface area contributed by atoms with E-state index in [9.17, 15) is 4.39 Å². The van der Waals surface area contributed by atoms with Crippen molar-refractivity contribution in [3.8, 4) is 11.8 Å². The number of rotatable bonds is 4. The highest BCUT2D eigenvalue weighted by atomic mass is 32.2. The second kappa shape index (κ2) is 7.03. The van der Waals surface area contributed by atoms with Crippen molar-refractivity contribution in [2.24, 2.45) is 7.05 Å². The van der Waals surface area contributed by atoms with E-state index in [1.807, 2.05) is 6.07 Å². The minimum Gasteiger partial charge on any atom is -0.395 e. The number of aliphatic hydroxyl groups is 1. The van der Waals surface area contributed by atoms with Crippen molar-refractivity contribution in [2.45, 2.75) is 17.3 Å². The maximum Gasteiger partial charge on any atom is 0.209 e. The van der Waals surface area contributed by atoms with Crippen LogP contribution >= 0.6 is 11.8 Å².